The molecule has 164 valence electrons. The zero-order valence-electron chi connectivity index (χ0n) is 18.3. The van der Waals surface area contributed by atoms with Gasteiger partial charge in [0.15, 0.2) is 0 Å². The number of amides is 1. The number of carbonyl (C=O) groups is 2. The Morgan fingerprint density at radius 2 is 2.03 bits per heavy atom. The molecule has 0 bridgehead atoms. The Morgan fingerprint density at radius 3 is 2.65 bits per heavy atom. The molecule has 1 atom stereocenters. The molecule has 0 radical (unpaired) electrons. The Morgan fingerprint density at radius 1 is 1.26 bits per heavy atom. The lowest BCUT2D eigenvalue weighted by molar-refractivity contribution is -0.140. The van der Waals surface area contributed by atoms with Gasteiger partial charge in [0.1, 0.15) is 11.5 Å². The largest absolute Gasteiger partial charge is 0.507 e. The highest BCUT2D eigenvalue weighted by Gasteiger charge is 2.46. The molecule has 7 heteroatoms. The number of aryl methyl sites for hydroxylation is 1. The summed E-state index contributed by atoms with van der Waals surface area (Å²) in [7, 11) is 1.53. The first kappa shape index (κ1) is 22.5. The summed E-state index contributed by atoms with van der Waals surface area (Å²) >= 11 is 0. The number of hydrogen-bond acceptors (Lipinski definition) is 6. The van der Waals surface area contributed by atoms with Gasteiger partial charge in [0.05, 0.1) is 24.8 Å². The summed E-state index contributed by atoms with van der Waals surface area (Å²) in [4.78, 5) is 31.2. The van der Waals surface area contributed by atoms with Gasteiger partial charge in [0, 0.05) is 31.6 Å². The van der Waals surface area contributed by atoms with Crippen LogP contribution in [-0.2, 0) is 14.3 Å². The maximum Gasteiger partial charge on any atom is 0.295 e. The number of ketones is 1. The average Bonchev–Trinajstić information content (AvgIpc) is 3.01. The van der Waals surface area contributed by atoms with E-state index >= 15 is 0 Å². The van der Waals surface area contributed by atoms with Crippen molar-refractivity contribution >= 4 is 17.4 Å². The molecule has 2 aromatic rings. The van der Waals surface area contributed by atoms with Crippen LogP contribution in [0.2, 0.25) is 0 Å². The summed E-state index contributed by atoms with van der Waals surface area (Å²) in [6, 6.07) is 8.07. The van der Waals surface area contributed by atoms with Crippen LogP contribution in [0.1, 0.15) is 36.6 Å². The van der Waals surface area contributed by atoms with E-state index in [9.17, 15) is 14.7 Å². The molecular formula is C24H28N2O5. The van der Waals surface area contributed by atoms with Crippen molar-refractivity contribution in [2.45, 2.75) is 26.8 Å². The number of nitrogens with zero attached hydrogens (tertiary/aromatic N) is 2. The number of methoxy groups -OCH3 is 1. The third-order valence-electron chi connectivity index (χ3n) is 5.11. The van der Waals surface area contributed by atoms with Crippen LogP contribution in [0.3, 0.4) is 0 Å². The van der Waals surface area contributed by atoms with E-state index in [1.54, 1.807) is 36.7 Å². The molecule has 1 aromatic heterocycles. The first-order valence-corrected chi connectivity index (χ1v) is 10.3. The van der Waals surface area contributed by atoms with E-state index in [2.05, 4.69) is 18.8 Å². The van der Waals surface area contributed by atoms with E-state index in [-0.39, 0.29) is 24.5 Å². The topological polar surface area (TPSA) is 89.0 Å². The molecule has 0 spiro atoms. The summed E-state index contributed by atoms with van der Waals surface area (Å²) in [5, 5.41) is 11.2. The number of benzene rings is 1. The summed E-state index contributed by atoms with van der Waals surface area (Å²) in [6.07, 6.45) is 3.21. The predicted molar refractivity (Wildman–Crippen MR) is 117 cm³/mol. The standard InChI is InChI=1S/C24H28N2O5/c1-15(2)14-31-18-7-8-19(16(3)12-18)22(27)20-21(17-6-5-9-25-13-17)26(10-11-30-4)24(29)23(20)28/h5-9,12-13,15,21,27H,10-11,14H2,1-4H3/t21-/m0/s1. The van der Waals surface area contributed by atoms with Crippen LogP contribution in [0.15, 0.2) is 48.3 Å². The zero-order chi connectivity index (χ0) is 22.5. The summed E-state index contributed by atoms with van der Waals surface area (Å²) < 4.78 is 10.9. The molecule has 1 aliphatic heterocycles. The van der Waals surface area contributed by atoms with Gasteiger partial charge in [0.2, 0.25) is 0 Å². The van der Waals surface area contributed by atoms with Crippen LogP contribution in [0.4, 0.5) is 0 Å². The van der Waals surface area contributed by atoms with E-state index in [1.807, 2.05) is 13.0 Å². The van der Waals surface area contributed by atoms with Gasteiger partial charge in [-0.3, -0.25) is 14.6 Å². The van der Waals surface area contributed by atoms with Crippen molar-refractivity contribution in [2.75, 3.05) is 26.9 Å². The monoisotopic (exact) mass is 424 g/mol. The van der Waals surface area contributed by atoms with Gasteiger partial charge in [-0.1, -0.05) is 19.9 Å². The van der Waals surface area contributed by atoms with Crippen molar-refractivity contribution in [1.82, 2.24) is 9.88 Å². The number of aromatic nitrogens is 1. The highest BCUT2D eigenvalue weighted by molar-refractivity contribution is 6.46. The van der Waals surface area contributed by atoms with Crippen molar-refractivity contribution in [3.8, 4) is 5.75 Å². The summed E-state index contributed by atoms with van der Waals surface area (Å²) in [5.74, 6) is -0.521. The van der Waals surface area contributed by atoms with Gasteiger partial charge in [-0.15, -0.1) is 0 Å². The van der Waals surface area contributed by atoms with Crippen LogP contribution in [0, 0.1) is 12.8 Å². The molecule has 0 aliphatic carbocycles. The highest BCUT2D eigenvalue weighted by Crippen LogP contribution is 2.39. The molecule has 1 fully saturated rings. The van der Waals surface area contributed by atoms with E-state index in [0.29, 0.717) is 29.4 Å². The maximum absolute atomic E-state index is 12.9. The molecule has 1 N–H and O–H groups in total. The molecule has 1 aromatic carbocycles. The van der Waals surface area contributed by atoms with E-state index in [1.165, 1.54) is 12.0 Å². The van der Waals surface area contributed by atoms with Crippen LogP contribution in [0.5, 0.6) is 5.75 Å². The minimum atomic E-state index is -0.736. The summed E-state index contributed by atoms with van der Waals surface area (Å²) in [5.41, 5.74) is 1.92. The normalized spacial score (nSPS) is 18.1. The molecule has 1 saturated heterocycles. The Bertz CT molecular complexity index is 985. The van der Waals surface area contributed by atoms with Crippen LogP contribution in [0.25, 0.3) is 5.76 Å². The van der Waals surface area contributed by atoms with Gasteiger partial charge in [-0.05, 0) is 48.2 Å². The fourth-order valence-electron chi connectivity index (χ4n) is 3.58. The van der Waals surface area contributed by atoms with E-state index < -0.39 is 17.7 Å². The van der Waals surface area contributed by atoms with Crippen LogP contribution >= 0.6 is 0 Å². The van der Waals surface area contributed by atoms with Crippen molar-refractivity contribution in [2.24, 2.45) is 5.92 Å². The van der Waals surface area contributed by atoms with Crippen molar-refractivity contribution in [3.05, 3.63) is 65.0 Å². The number of ether oxygens (including phenoxy) is 2. The number of aliphatic hydroxyl groups excluding tert-OH is 1. The van der Waals surface area contributed by atoms with Crippen LogP contribution < -0.4 is 4.74 Å². The van der Waals surface area contributed by atoms with Gasteiger partial charge in [-0.25, -0.2) is 0 Å². The minimum Gasteiger partial charge on any atom is -0.507 e. The highest BCUT2D eigenvalue weighted by atomic mass is 16.5. The maximum atomic E-state index is 12.9. The second-order valence-electron chi connectivity index (χ2n) is 7.95. The van der Waals surface area contributed by atoms with Crippen molar-refractivity contribution in [1.29, 1.82) is 0 Å². The van der Waals surface area contributed by atoms with Gasteiger partial charge in [-0.2, -0.15) is 0 Å². The predicted octanol–water partition coefficient (Wildman–Crippen LogP) is 3.49. The lowest BCUT2D eigenvalue weighted by Crippen LogP contribution is -2.32. The minimum absolute atomic E-state index is 0.0491. The van der Waals surface area contributed by atoms with Crippen LogP contribution in [-0.4, -0.2) is 53.5 Å². The zero-order valence-corrected chi connectivity index (χ0v) is 18.3. The lowest BCUT2D eigenvalue weighted by Gasteiger charge is -2.24. The third kappa shape index (κ3) is 4.77. The number of rotatable bonds is 8. The van der Waals surface area contributed by atoms with E-state index in [0.717, 1.165) is 5.56 Å². The Hall–Kier alpha value is -3.19. The van der Waals surface area contributed by atoms with E-state index in [4.69, 9.17) is 9.47 Å². The Balaban J connectivity index is 2.06. The van der Waals surface area contributed by atoms with Gasteiger partial charge < -0.3 is 19.5 Å². The quantitative estimate of drug-likeness (QED) is 0.396. The lowest BCUT2D eigenvalue weighted by atomic mass is 9.94. The molecular weight excluding hydrogens is 396 g/mol. The molecule has 3 rings (SSSR count). The second-order valence-corrected chi connectivity index (χ2v) is 7.95. The molecule has 31 heavy (non-hydrogen) atoms. The molecule has 2 heterocycles. The number of likely N-dealkylation sites (tertiary alicyclic amines) is 1. The molecule has 0 saturated carbocycles. The third-order valence-corrected chi connectivity index (χ3v) is 5.11. The van der Waals surface area contributed by atoms with Gasteiger partial charge in [0.25, 0.3) is 11.7 Å². The first-order valence-electron chi connectivity index (χ1n) is 10.3. The average molecular weight is 424 g/mol. The van der Waals surface area contributed by atoms with Gasteiger partial charge >= 0.3 is 0 Å². The molecule has 1 aliphatic rings. The Labute approximate surface area is 182 Å². The number of pyridine rings is 1. The smallest absolute Gasteiger partial charge is 0.295 e. The number of Topliss-reactive ketones (excluding diaryl/α,β-unsaturated/α-hetero) is 1. The number of hydrogen-bond donors (Lipinski definition) is 1. The number of aliphatic hydroxyl groups is 1. The SMILES string of the molecule is COCCN1C(=O)C(=O)C(=C(O)c2ccc(OCC(C)C)cc2C)[C@@H]1c1cccnc1. The second kappa shape index (κ2) is 9.75. The molecule has 0 unspecified atom stereocenters. The fourth-order valence-corrected chi connectivity index (χ4v) is 3.58. The first-order chi connectivity index (χ1) is 14.8. The molecule has 1 amide bonds. The van der Waals surface area contributed by atoms with Crippen molar-refractivity contribution < 1.29 is 24.2 Å². The fraction of sp³-hybridized carbons (Fsp3) is 0.375. The number of carbonyl (C=O) groups excluding carboxylic acids is 2. The molecule has 7 nitrogen and oxygen atoms in total. The Kier molecular flexibility index (Phi) is 7.07. The summed E-state index contributed by atoms with van der Waals surface area (Å²) in [6.45, 7) is 7.03. The van der Waals surface area contributed by atoms with Crippen molar-refractivity contribution in [3.63, 3.8) is 0 Å².